The van der Waals surface area contributed by atoms with Gasteiger partial charge in [0.05, 0.1) is 19.6 Å². The van der Waals surface area contributed by atoms with Crippen molar-refractivity contribution in [2.45, 2.75) is 32.1 Å². The molecule has 0 spiro atoms. The zero-order valence-electron chi connectivity index (χ0n) is 13.2. The molecule has 2 nitrogen and oxygen atoms in total. The van der Waals surface area contributed by atoms with Gasteiger partial charge in [-0.3, -0.25) is 0 Å². The first-order valence-electron chi connectivity index (χ1n) is 8.53. The Kier molecular flexibility index (Phi) is 3.73. The van der Waals surface area contributed by atoms with Crippen LogP contribution in [0.5, 0.6) is 0 Å². The first-order valence-corrected chi connectivity index (χ1v) is 8.53. The van der Waals surface area contributed by atoms with Gasteiger partial charge >= 0.3 is 0 Å². The van der Waals surface area contributed by atoms with Crippen molar-refractivity contribution in [2.75, 3.05) is 19.6 Å². The molecule has 2 heterocycles. The summed E-state index contributed by atoms with van der Waals surface area (Å²) < 4.78 is 1.29. The fourth-order valence-corrected chi connectivity index (χ4v) is 4.49. The van der Waals surface area contributed by atoms with Crippen LogP contribution in [0.1, 0.15) is 24.0 Å². The van der Waals surface area contributed by atoms with Gasteiger partial charge in [-0.15, -0.1) is 0 Å². The molecule has 2 atom stereocenters. The van der Waals surface area contributed by atoms with Crippen molar-refractivity contribution < 1.29 is 4.48 Å². The molecule has 2 saturated heterocycles. The van der Waals surface area contributed by atoms with Crippen molar-refractivity contribution in [3.05, 3.63) is 71.8 Å². The highest BCUT2D eigenvalue weighted by molar-refractivity contribution is 5.15. The molecule has 2 unspecified atom stereocenters. The molecule has 4 rings (SSSR count). The Morgan fingerprint density at radius 3 is 2.27 bits per heavy atom. The van der Waals surface area contributed by atoms with Crippen molar-refractivity contribution in [3.63, 3.8) is 0 Å². The molecule has 2 heteroatoms. The normalized spacial score (nSPS) is 27.9. The SMILES string of the molecule is c1ccc(CN2CC[N+]3(Cc4ccccc4)CCCC23)cc1. The van der Waals surface area contributed by atoms with E-state index < -0.39 is 0 Å². The molecule has 0 N–H and O–H groups in total. The maximum Gasteiger partial charge on any atom is 0.146 e. The third kappa shape index (κ3) is 2.57. The number of fused-ring (bicyclic) bond motifs is 1. The molecule has 2 aromatic carbocycles. The molecule has 2 aromatic rings. The van der Waals surface area contributed by atoms with E-state index >= 15 is 0 Å². The first-order chi connectivity index (χ1) is 10.9. The van der Waals surface area contributed by atoms with E-state index in [0.717, 1.165) is 12.7 Å². The molecule has 0 aliphatic carbocycles. The zero-order valence-corrected chi connectivity index (χ0v) is 13.2. The quantitative estimate of drug-likeness (QED) is 0.778. The molecule has 0 amide bonds. The lowest BCUT2D eigenvalue weighted by Crippen LogP contribution is -2.50. The van der Waals surface area contributed by atoms with Gasteiger partial charge in [-0.05, 0) is 5.56 Å². The Morgan fingerprint density at radius 2 is 1.55 bits per heavy atom. The van der Waals surface area contributed by atoms with Gasteiger partial charge in [-0.1, -0.05) is 60.7 Å². The molecule has 0 radical (unpaired) electrons. The van der Waals surface area contributed by atoms with Crippen LogP contribution < -0.4 is 0 Å². The van der Waals surface area contributed by atoms with E-state index in [9.17, 15) is 0 Å². The van der Waals surface area contributed by atoms with Crippen molar-refractivity contribution in [1.82, 2.24) is 4.90 Å². The third-order valence-electron chi connectivity index (χ3n) is 5.52. The van der Waals surface area contributed by atoms with Crippen LogP contribution in [-0.2, 0) is 13.1 Å². The number of quaternary nitrogens is 1. The Balaban J connectivity index is 1.52. The second-order valence-corrected chi connectivity index (χ2v) is 6.89. The minimum absolute atomic E-state index is 0.723. The third-order valence-corrected chi connectivity index (χ3v) is 5.52. The summed E-state index contributed by atoms with van der Waals surface area (Å²) in [5, 5.41) is 0. The van der Waals surface area contributed by atoms with Crippen LogP contribution in [0.4, 0.5) is 0 Å². The molecule has 2 fully saturated rings. The van der Waals surface area contributed by atoms with Gasteiger partial charge in [0.25, 0.3) is 0 Å². The van der Waals surface area contributed by atoms with E-state index in [-0.39, 0.29) is 0 Å². The average molecular weight is 293 g/mol. The summed E-state index contributed by atoms with van der Waals surface area (Å²) in [4.78, 5) is 2.73. The van der Waals surface area contributed by atoms with E-state index in [1.54, 1.807) is 0 Å². The second-order valence-electron chi connectivity index (χ2n) is 6.89. The van der Waals surface area contributed by atoms with Gasteiger partial charge in [-0.25, -0.2) is 4.90 Å². The lowest BCUT2D eigenvalue weighted by Gasteiger charge is -2.36. The van der Waals surface area contributed by atoms with Crippen LogP contribution in [0.3, 0.4) is 0 Å². The van der Waals surface area contributed by atoms with Gasteiger partial charge < -0.3 is 4.48 Å². The lowest BCUT2D eigenvalue weighted by molar-refractivity contribution is -0.945. The van der Waals surface area contributed by atoms with E-state index in [0.29, 0.717) is 0 Å². The maximum absolute atomic E-state index is 2.73. The van der Waals surface area contributed by atoms with Crippen molar-refractivity contribution in [1.29, 1.82) is 0 Å². The molecule has 0 aromatic heterocycles. The van der Waals surface area contributed by atoms with Gasteiger partial charge in [0.15, 0.2) is 0 Å². The van der Waals surface area contributed by atoms with E-state index in [1.165, 1.54) is 54.6 Å². The zero-order chi connectivity index (χ0) is 14.8. The summed E-state index contributed by atoms with van der Waals surface area (Å²) in [6.45, 7) is 6.22. The van der Waals surface area contributed by atoms with Gasteiger partial charge in [0, 0.05) is 24.9 Å². The van der Waals surface area contributed by atoms with Crippen LogP contribution in [0.15, 0.2) is 60.7 Å². The summed E-state index contributed by atoms with van der Waals surface area (Å²) >= 11 is 0. The van der Waals surface area contributed by atoms with Crippen LogP contribution in [-0.4, -0.2) is 35.2 Å². The number of rotatable bonds is 4. The van der Waals surface area contributed by atoms with Crippen LogP contribution >= 0.6 is 0 Å². The average Bonchev–Trinajstić information content (AvgIpc) is 3.10. The Bertz CT molecular complexity index is 610. The standard InChI is InChI=1S/C20H25N2/c1-3-8-18(9-4-1)16-21-13-15-22(14-7-12-20(21)22)17-19-10-5-2-6-11-19/h1-6,8-11,20H,7,12-17H2/q+1. The number of hydrogen-bond acceptors (Lipinski definition) is 1. The minimum Gasteiger partial charge on any atom is -0.304 e. The first kappa shape index (κ1) is 14.0. The predicted octanol–water partition coefficient (Wildman–Crippen LogP) is 3.64. The highest BCUT2D eigenvalue weighted by Crippen LogP contribution is 2.37. The molecule has 114 valence electrons. The number of hydrogen-bond donors (Lipinski definition) is 0. The van der Waals surface area contributed by atoms with Gasteiger partial charge in [0.2, 0.25) is 0 Å². The molecular weight excluding hydrogens is 268 g/mol. The largest absolute Gasteiger partial charge is 0.304 e. The highest BCUT2D eigenvalue weighted by atomic mass is 15.5. The summed E-state index contributed by atoms with van der Waals surface area (Å²) in [6.07, 6.45) is 3.46. The monoisotopic (exact) mass is 293 g/mol. The molecule has 0 saturated carbocycles. The molecular formula is C20H25N2+. The number of benzene rings is 2. The van der Waals surface area contributed by atoms with Crippen LogP contribution in [0.2, 0.25) is 0 Å². The summed E-state index contributed by atoms with van der Waals surface area (Å²) in [5.41, 5.74) is 2.95. The summed E-state index contributed by atoms with van der Waals surface area (Å²) in [5.74, 6) is 0. The second kappa shape index (κ2) is 5.86. The van der Waals surface area contributed by atoms with Crippen molar-refractivity contribution >= 4 is 0 Å². The van der Waals surface area contributed by atoms with Gasteiger partial charge in [-0.2, -0.15) is 0 Å². The summed E-state index contributed by atoms with van der Waals surface area (Å²) in [6, 6.07) is 22.0. The fourth-order valence-electron chi connectivity index (χ4n) is 4.49. The smallest absolute Gasteiger partial charge is 0.146 e. The van der Waals surface area contributed by atoms with Gasteiger partial charge in [0.1, 0.15) is 12.7 Å². The molecule has 2 aliphatic rings. The molecule has 2 aliphatic heterocycles. The van der Waals surface area contributed by atoms with Crippen LogP contribution in [0, 0.1) is 0 Å². The fraction of sp³-hybridized carbons (Fsp3) is 0.400. The Morgan fingerprint density at radius 1 is 0.864 bits per heavy atom. The lowest BCUT2D eigenvalue weighted by atomic mass is 10.2. The van der Waals surface area contributed by atoms with Crippen molar-refractivity contribution in [3.8, 4) is 0 Å². The maximum atomic E-state index is 2.73. The molecule has 0 bridgehead atoms. The van der Waals surface area contributed by atoms with E-state index in [2.05, 4.69) is 65.6 Å². The molecule has 22 heavy (non-hydrogen) atoms. The Hall–Kier alpha value is -1.64. The Labute approximate surface area is 133 Å². The predicted molar refractivity (Wildman–Crippen MR) is 90.0 cm³/mol. The summed E-state index contributed by atoms with van der Waals surface area (Å²) in [7, 11) is 0. The number of nitrogens with zero attached hydrogens (tertiary/aromatic N) is 2. The van der Waals surface area contributed by atoms with E-state index in [1.807, 2.05) is 0 Å². The minimum atomic E-state index is 0.723. The van der Waals surface area contributed by atoms with Crippen molar-refractivity contribution in [2.24, 2.45) is 0 Å². The highest BCUT2D eigenvalue weighted by Gasteiger charge is 2.49. The van der Waals surface area contributed by atoms with Crippen LogP contribution in [0.25, 0.3) is 0 Å². The van der Waals surface area contributed by atoms with E-state index in [4.69, 9.17) is 0 Å². The topological polar surface area (TPSA) is 3.24 Å².